The highest BCUT2D eigenvalue weighted by Gasteiger charge is 2.17. The third kappa shape index (κ3) is 4.82. The molecule has 0 saturated heterocycles. The molecule has 0 fully saturated rings. The fraction of sp³-hybridized carbons (Fsp3) is 0.179. The molecule has 0 atom stereocenters. The summed E-state index contributed by atoms with van der Waals surface area (Å²) in [6.07, 6.45) is 1.88. The second-order valence-corrected chi connectivity index (χ2v) is 9.06. The number of aromatic nitrogens is 4. The lowest BCUT2D eigenvalue weighted by atomic mass is 10.0. The van der Waals surface area contributed by atoms with Crippen LogP contribution in [0.3, 0.4) is 0 Å². The van der Waals surface area contributed by atoms with Crippen molar-refractivity contribution in [2.24, 2.45) is 0 Å². The zero-order valence-electron chi connectivity index (χ0n) is 20.8. The van der Waals surface area contributed by atoms with E-state index in [1.165, 1.54) is 13.2 Å². The second kappa shape index (κ2) is 10.4. The first kappa shape index (κ1) is 25.0. The van der Waals surface area contributed by atoms with E-state index in [0.29, 0.717) is 39.1 Å². The molecule has 0 aliphatic heterocycles. The maximum atomic E-state index is 12.1. The van der Waals surface area contributed by atoms with Crippen molar-refractivity contribution in [2.75, 3.05) is 7.11 Å². The predicted molar refractivity (Wildman–Crippen MR) is 141 cm³/mol. The molecule has 0 aliphatic rings. The minimum Gasteiger partial charge on any atom is -0.486 e. The van der Waals surface area contributed by atoms with Gasteiger partial charge in [0.1, 0.15) is 35.8 Å². The van der Waals surface area contributed by atoms with Gasteiger partial charge in [-0.15, -0.1) is 0 Å². The van der Waals surface area contributed by atoms with Crippen molar-refractivity contribution >= 4 is 22.5 Å². The number of nitrogens with one attached hydrogen (secondary N) is 1. The lowest BCUT2D eigenvalue weighted by Crippen LogP contribution is -2.13. The molecule has 5 aromatic rings. The van der Waals surface area contributed by atoms with Gasteiger partial charge in [0.15, 0.2) is 0 Å². The average molecular weight is 528 g/mol. The number of ether oxygens (including phenoxy) is 2. The van der Waals surface area contributed by atoms with Crippen molar-refractivity contribution < 1.29 is 14.0 Å². The number of halogens is 1. The van der Waals surface area contributed by atoms with Gasteiger partial charge < -0.3 is 19.0 Å². The van der Waals surface area contributed by atoms with Gasteiger partial charge in [-0.05, 0) is 43.7 Å². The van der Waals surface area contributed by atoms with Crippen LogP contribution in [0.4, 0.5) is 0 Å². The fourth-order valence-corrected chi connectivity index (χ4v) is 4.50. The number of aryl methyl sites for hydroxylation is 2. The Kier molecular flexibility index (Phi) is 6.81. The van der Waals surface area contributed by atoms with Gasteiger partial charge in [-0.3, -0.25) is 4.79 Å². The monoisotopic (exact) mass is 527 g/mol. The molecule has 0 radical (unpaired) electrons. The molecular formula is C28H22ClN5O4. The fourth-order valence-electron chi connectivity index (χ4n) is 4.25. The van der Waals surface area contributed by atoms with Gasteiger partial charge in [0.25, 0.3) is 5.56 Å². The van der Waals surface area contributed by atoms with Gasteiger partial charge in [0, 0.05) is 40.4 Å². The summed E-state index contributed by atoms with van der Waals surface area (Å²) in [6, 6.07) is 14.3. The maximum absolute atomic E-state index is 12.1. The number of methoxy groups -OCH3 is 1. The molecule has 0 saturated carbocycles. The Hall–Kier alpha value is -4.68. The van der Waals surface area contributed by atoms with E-state index in [9.17, 15) is 4.79 Å². The smallest absolute Gasteiger partial charge is 0.266 e. The SMILES string of the molecule is COc1cc(Cl)c(COc2cccc3c(-c4conc4C)cc(C)nc23)c(Cc2ccc(C#N)c(=O)[nH]2)n1. The number of hydrogen-bond acceptors (Lipinski definition) is 8. The Bertz CT molecular complexity index is 1770. The van der Waals surface area contributed by atoms with Crippen LogP contribution in [0.25, 0.3) is 22.0 Å². The number of nitrogens with zero attached hydrogens (tertiary/aromatic N) is 4. The van der Waals surface area contributed by atoms with Crippen LogP contribution in [0.15, 0.2) is 58.0 Å². The van der Waals surface area contributed by atoms with Crippen molar-refractivity contribution in [3.05, 3.63) is 98.0 Å². The summed E-state index contributed by atoms with van der Waals surface area (Å²) in [5.41, 5.74) is 5.48. The molecule has 0 spiro atoms. The van der Waals surface area contributed by atoms with Crippen molar-refractivity contribution in [3.8, 4) is 28.8 Å². The van der Waals surface area contributed by atoms with E-state index in [4.69, 9.17) is 35.8 Å². The molecule has 0 amide bonds. The topological polar surface area (TPSA) is 127 Å². The predicted octanol–water partition coefficient (Wildman–Crippen LogP) is 5.29. The zero-order valence-corrected chi connectivity index (χ0v) is 21.6. The van der Waals surface area contributed by atoms with Gasteiger partial charge in [0.05, 0.1) is 23.5 Å². The molecule has 5 rings (SSSR count). The van der Waals surface area contributed by atoms with Crippen molar-refractivity contribution in [1.29, 1.82) is 5.26 Å². The molecular weight excluding hydrogens is 506 g/mol. The van der Waals surface area contributed by atoms with Crippen LogP contribution in [0, 0.1) is 25.2 Å². The normalized spacial score (nSPS) is 10.9. The van der Waals surface area contributed by atoms with Gasteiger partial charge in [0.2, 0.25) is 5.88 Å². The molecule has 10 heteroatoms. The highest BCUT2D eigenvalue weighted by Crippen LogP contribution is 2.35. The number of fused-ring (bicyclic) bond motifs is 1. The molecule has 9 nitrogen and oxygen atoms in total. The molecule has 1 N–H and O–H groups in total. The van der Waals surface area contributed by atoms with E-state index in [-0.39, 0.29) is 18.6 Å². The number of para-hydroxylation sites is 1. The minimum atomic E-state index is -0.465. The summed E-state index contributed by atoms with van der Waals surface area (Å²) >= 11 is 6.63. The number of aromatic amines is 1. The quantitative estimate of drug-likeness (QED) is 0.302. The Labute approximate surface area is 222 Å². The summed E-state index contributed by atoms with van der Waals surface area (Å²) in [5, 5.41) is 14.4. The Morgan fingerprint density at radius 1 is 1.13 bits per heavy atom. The number of hydrogen-bond donors (Lipinski definition) is 1. The molecule has 1 aromatic carbocycles. The molecule has 0 unspecified atom stereocenters. The van der Waals surface area contributed by atoms with E-state index in [1.807, 2.05) is 44.2 Å². The van der Waals surface area contributed by atoms with Crippen LogP contribution < -0.4 is 15.0 Å². The van der Waals surface area contributed by atoms with Crippen LogP contribution >= 0.6 is 11.6 Å². The number of nitriles is 1. The Morgan fingerprint density at radius 3 is 2.68 bits per heavy atom. The summed E-state index contributed by atoms with van der Waals surface area (Å²) in [7, 11) is 1.50. The Morgan fingerprint density at radius 2 is 1.97 bits per heavy atom. The van der Waals surface area contributed by atoms with Gasteiger partial charge in [-0.25, -0.2) is 9.97 Å². The first-order chi connectivity index (χ1) is 18.4. The number of benzene rings is 1. The van der Waals surface area contributed by atoms with E-state index >= 15 is 0 Å². The highest BCUT2D eigenvalue weighted by atomic mass is 35.5. The molecule has 190 valence electrons. The molecule has 0 bridgehead atoms. The standard InChI is InChI=1S/C28H22ClN5O4/c1-15-9-20(21-14-38-34-16(21)2)19-5-4-6-25(27(19)31-15)37-13-22-23(29)11-26(36-3)33-24(22)10-18-8-7-17(12-30)28(35)32-18/h4-9,11,14H,10,13H2,1-3H3,(H,32,35). The number of pyridine rings is 3. The number of rotatable bonds is 7. The lowest BCUT2D eigenvalue weighted by Gasteiger charge is -2.15. The van der Waals surface area contributed by atoms with E-state index in [1.54, 1.807) is 18.4 Å². The van der Waals surface area contributed by atoms with Gasteiger partial charge >= 0.3 is 0 Å². The zero-order chi connectivity index (χ0) is 26.8. The van der Waals surface area contributed by atoms with Gasteiger partial charge in [-0.1, -0.05) is 28.9 Å². The average Bonchev–Trinajstić information content (AvgIpc) is 3.33. The molecule has 0 aliphatic carbocycles. The van der Waals surface area contributed by atoms with E-state index < -0.39 is 5.56 Å². The molecule has 38 heavy (non-hydrogen) atoms. The summed E-state index contributed by atoms with van der Waals surface area (Å²) < 4.78 is 16.7. The van der Waals surface area contributed by atoms with Crippen LogP contribution in [-0.4, -0.2) is 27.2 Å². The van der Waals surface area contributed by atoms with Crippen molar-refractivity contribution in [1.82, 2.24) is 20.1 Å². The van der Waals surface area contributed by atoms with Crippen molar-refractivity contribution in [3.63, 3.8) is 0 Å². The minimum absolute atomic E-state index is 0.0356. The lowest BCUT2D eigenvalue weighted by molar-refractivity contribution is 0.307. The van der Waals surface area contributed by atoms with E-state index in [0.717, 1.165) is 27.9 Å². The Balaban J connectivity index is 1.52. The number of H-pyrrole nitrogens is 1. The van der Waals surface area contributed by atoms with E-state index in [2.05, 4.69) is 15.1 Å². The first-order valence-electron chi connectivity index (χ1n) is 11.7. The third-order valence-corrected chi connectivity index (χ3v) is 6.47. The van der Waals surface area contributed by atoms with Crippen LogP contribution in [0.1, 0.15) is 33.9 Å². The largest absolute Gasteiger partial charge is 0.486 e. The maximum Gasteiger partial charge on any atom is 0.266 e. The molecule has 4 aromatic heterocycles. The van der Waals surface area contributed by atoms with Crippen LogP contribution in [-0.2, 0) is 13.0 Å². The van der Waals surface area contributed by atoms with Crippen LogP contribution in [0.2, 0.25) is 5.02 Å². The summed E-state index contributed by atoms with van der Waals surface area (Å²) in [6.45, 7) is 3.91. The second-order valence-electron chi connectivity index (χ2n) is 8.65. The highest BCUT2D eigenvalue weighted by molar-refractivity contribution is 6.31. The summed E-state index contributed by atoms with van der Waals surface area (Å²) in [4.78, 5) is 24.2. The van der Waals surface area contributed by atoms with Crippen molar-refractivity contribution in [2.45, 2.75) is 26.9 Å². The first-order valence-corrected chi connectivity index (χ1v) is 12.0. The van der Waals surface area contributed by atoms with Crippen LogP contribution in [0.5, 0.6) is 11.6 Å². The summed E-state index contributed by atoms with van der Waals surface area (Å²) in [5.74, 6) is 0.909. The van der Waals surface area contributed by atoms with Gasteiger partial charge in [-0.2, -0.15) is 5.26 Å². The molecule has 4 heterocycles. The third-order valence-electron chi connectivity index (χ3n) is 6.13.